The summed E-state index contributed by atoms with van der Waals surface area (Å²) in [6.45, 7) is 3.74. The third-order valence-electron chi connectivity index (χ3n) is 6.20. The lowest BCUT2D eigenvalue weighted by Gasteiger charge is -2.13. The number of halogens is 1. The van der Waals surface area contributed by atoms with Crippen LogP contribution in [0.4, 0.5) is 11.4 Å². The number of para-hydroxylation sites is 1. The van der Waals surface area contributed by atoms with Gasteiger partial charge in [0.05, 0.1) is 39.6 Å². The number of hydrogen-bond donors (Lipinski definition) is 1. The van der Waals surface area contributed by atoms with Gasteiger partial charge >= 0.3 is 0 Å². The van der Waals surface area contributed by atoms with E-state index in [1.807, 2.05) is 45.2 Å². The molecule has 5 aromatic rings. The highest BCUT2D eigenvalue weighted by molar-refractivity contribution is 6.30. The van der Waals surface area contributed by atoms with Gasteiger partial charge in [-0.15, -0.1) is 0 Å². The first kappa shape index (κ1) is 24.9. The number of nitrogens with one attached hydrogen (secondary N) is 1. The molecule has 1 amide bonds. The summed E-state index contributed by atoms with van der Waals surface area (Å²) in [6.07, 6.45) is 1.71. The van der Waals surface area contributed by atoms with Gasteiger partial charge < -0.3 is 10.1 Å². The fourth-order valence-corrected chi connectivity index (χ4v) is 4.35. The molecule has 2 heterocycles. The van der Waals surface area contributed by atoms with Crippen LogP contribution in [-0.2, 0) is 7.05 Å². The quantitative estimate of drug-likeness (QED) is 0.191. The second-order valence-electron chi connectivity index (χ2n) is 8.78. The number of nitrogens with zero attached hydrogens (tertiary/aromatic N) is 4. The molecule has 0 aliphatic rings. The van der Waals surface area contributed by atoms with Crippen LogP contribution in [0.5, 0.6) is 11.5 Å². The number of carbonyl (C=O) groups is 1. The van der Waals surface area contributed by atoms with Crippen LogP contribution in [0, 0.1) is 24.0 Å². The molecule has 0 saturated heterocycles. The Labute approximate surface area is 222 Å². The van der Waals surface area contributed by atoms with Crippen molar-refractivity contribution in [3.8, 4) is 22.8 Å². The lowest BCUT2D eigenvalue weighted by molar-refractivity contribution is -0.384. The molecule has 0 radical (unpaired) electrons. The van der Waals surface area contributed by atoms with Crippen LogP contribution in [0.2, 0.25) is 5.02 Å². The Hall–Kier alpha value is -4.76. The van der Waals surface area contributed by atoms with E-state index in [4.69, 9.17) is 21.3 Å². The molecule has 38 heavy (non-hydrogen) atoms. The highest BCUT2D eigenvalue weighted by atomic mass is 35.5. The molecule has 0 fully saturated rings. The predicted molar refractivity (Wildman–Crippen MR) is 146 cm³/mol. The summed E-state index contributed by atoms with van der Waals surface area (Å²) in [4.78, 5) is 29.4. The van der Waals surface area contributed by atoms with Gasteiger partial charge in [0.25, 0.3) is 11.6 Å². The highest BCUT2D eigenvalue weighted by Gasteiger charge is 2.19. The number of rotatable bonds is 6. The minimum atomic E-state index is -0.539. The van der Waals surface area contributed by atoms with Crippen LogP contribution in [0.3, 0.4) is 0 Å². The summed E-state index contributed by atoms with van der Waals surface area (Å²) < 4.78 is 7.65. The van der Waals surface area contributed by atoms with Crippen LogP contribution < -0.4 is 10.1 Å². The summed E-state index contributed by atoms with van der Waals surface area (Å²) in [6, 6.07) is 18.2. The zero-order chi connectivity index (χ0) is 27.0. The topological polar surface area (TPSA) is 112 Å². The van der Waals surface area contributed by atoms with Gasteiger partial charge in [-0.25, -0.2) is 4.98 Å². The number of aryl methyl sites for hydroxylation is 2. The smallest absolute Gasteiger partial charge is 0.275 e. The fraction of sp³-hybridized carbons (Fsp3) is 0.107. The maximum absolute atomic E-state index is 13.6. The summed E-state index contributed by atoms with van der Waals surface area (Å²) in [7, 11) is 1.83. The molecule has 0 unspecified atom stereocenters. The van der Waals surface area contributed by atoms with E-state index < -0.39 is 10.8 Å². The van der Waals surface area contributed by atoms with Gasteiger partial charge in [-0.1, -0.05) is 29.8 Å². The Bertz CT molecular complexity index is 1730. The van der Waals surface area contributed by atoms with Gasteiger partial charge in [0.2, 0.25) is 0 Å². The van der Waals surface area contributed by atoms with E-state index in [1.165, 1.54) is 18.2 Å². The molecule has 5 rings (SSSR count). The number of amides is 1. The van der Waals surface area contributed by atoms with Crippen LogP contribution in [0.15, 0.2) is 72.9 Å². The van der Waals surface area contributed by atoms with Crippen molar-refractivity contribution in [3.05, 3.63) is 105 Å². The predicted octanol–water partition coefficient (Wildman–Crippen LogP) is 6.86. The van der Waals surface area contributed by atoms with Crippen molar-refractivity contribution in [3.63, 3.8) is 0 Å². The number of pyridine rings is 1. The molecular weight excluding hydrogens is 506 g/mol. The van der Waals surface area contributed by atoms with E-state index in [-0.39, 0.29) is 17.1 Å². The molecule has 1 N–H and O–H groups in total. The number of ether oxygens (including phenoxy) is 1. The van der Waals surface area contributed by atoms with E-state index in [9.17, 15) is 14.9 Å². The van der Waals surface area contributed by atoms with Gasteiger partial charge in [-0.2, -0.15) is 5.10 Å². The third-order valence-corrected chi connectivity index (χ3v) is 6.43. The molecule has 9 nitrogen and oxygen atoms in total. The molecule has 0 atom stereocenters. The Kier molecular flexibility index (Phi) is 6.52. The molecule has 190 valence electrons. The Morgan fingerprint density at radius 2 is 1.87 bits per heavy atom. The first-order valence-electron chi connectivity index (χ1n) is 11.6. The van der Waals surface area contributed by atoms with Crippen LogP contribution in [0.1, 0.15) is 21.6 Å². The summed E-state index contributed by atoms with van der Waals surface area (Å²) in [5.41, 5.74) is 4.06. The van der Waals surface area contributed by atoms with E-state index in [0.717, 1.165) is 16.8 Å². The second kappa shape index (κ2) is 9.95. The molecule has 0 bridgehead atoms. The number of fused-ring (bicyclic) bond motifs is 1. The number of nitro groups is 1. The largest absolute Gasteiger partial charge is 0.457 e. The average molecular weight is 528 g/mol. The van der Waals surface area contributed by atoms with Crippen LogP contribution >= 0.6 is 11.6 Å². The first-order chi connectivity index (χ1) is 18.2. The van der Waals surface area contributed by atoms with Gasteiger partial charge in [0.15, 0.2) is 0 Å². The van der Waals surface area contributed by atoms with Crippen molar-refractivity contribution in [1.82, 2.24) is 14.8 Å². The van der Waals surface area contributed by atoms with Crippen molar-refractivity contribution in [2.45, 2.75) is 13.8 Å². The van der Waals surface area contributed by atoms with Crippen molar-refractivity contribution in [1.29, 1.82) is 0 Å². The standard InChI is InChI=1S/C28H22ClN5O4/c1-16-10-18(29)8-9-27(16)38-21-12-19(11-20(13-21)34(36)37)31-28(35)23-14-26(24-15-30-33(3)17(24)2)32-25-7-5-4-6-22(23)25/h4-15H,1-3H3,(H,31,35). The number of carbonyl (C=O) groups excluding carboxylic acids is 1. The Morgan fingerprint density at radius 3 is 2.58 bits per heavy atom. The molecule has 0 spiro atoms. The zero-order valence-electron chi connectivity index (χ0n) is 20.7. The zero-order valence-corrected chi connectivity index (χ0v) is 21.5. The van der Waals surface area contributed by atoms with Gasteiger partial charge in [0, 0.05) is 40.8 Å². The number of non-ortho nitro benzene ring substituents is 1. The summed E-state index contributed by atoms with van der Waals surface area (Å²) in [5.74, 6) is 0.246. The van der Waals surface area contributed by atoms with Gasteiger partial charge in [-0.3, -0.25) is 19.6 Å². The second-order valence-corrected chi connectivity index (χ2v) is 9.21. The van der Waals surface area contributed by atoms with E-state index >= 15 is 0 Å². The van der Waals surface area contributed by atoms with E-state index in [1.54, 1.807) is 35.1 Å². The number of nitro benzene ring substituents is 1. The number of benzene rings is 3. The van der Waals surface area contributed by atoms with E-state index in [2.05, 4.69) is 10.4 Å². The highest BCUT2D eigenvalue weighted by Crippen LogP contribution is 2.33. The van der Waals surface area contributed by atoms with Gasteiger partial charge in [0.1, 0.15) is 11.5 Å². The molecule has 0 aliphatic heterocycles. The lowest BCUT2D eigenvalue weighted by atomic mass is 10.0. The van der Waals surface area contributed by atoms with Crippen LogP contribution in [-0.4, -0.2) is 25.6 Å². The normalized spacial score (nSPS) is 10.9. The van der Waals surface area contributed by atoms with Crippen LogP contribution in [0.25, 0.3) is 22.2 Å². The molecule has 0 aliphatic carbocycles. The molecule has 0 saturated carbocycles. The molecule has 2 aromatic heterocycles. The maximum atomic E-state index is 13.6. The number of anilines is 1. The third kappa shape index (κ3) is 4.91. The lowest BCUT2D eigenvalue weighted by Crippen LogP contribution is -2.13. The first-order valence-corrected chi connectivity index (χ1v) is 12.0. The molecule has 10 heteroatoms. The van der Waals surface area contributed by atoms with Crippen molar-refractivity contribution >= 4 is 39.8 Å². The SMILES string of the molecule is Cc1cc(Cl)ccc1Oc1cc(NC(=O)c2cc(-c3cnn(C)c3C)nc3ccccc23)cc([N+](=O)[O-])c1. The van der Waals surface area contributed by atoms with Crippen molar-refractivity contribution in [2.24, 2.45) is 7.05 Å². The van der Waals surface area contributed by atoms with Gasteiger partial charge in [-0.05, 0) is 49.7 Å². The monoisotopic (exact) mass is 527 g/mol. The summed E-state index contributed by atoms with van der Waals surface area (Å²) in [5, 5.41) is 19.9. The molecule has 3 aromatic carbocycles. The Balaban J connectivity index is 1.54. The van der Waals surface area contributed by atoms with Crippen molar-refractivity contribution in [2.75, 3.05) is 5.32 Å². The average Bonchev–Trinajstić information content (AvgIpc) is 3.22. The molecular formula is C28H22ClN5O4. The minimum absolute atomic E-state index is 0.200. The maximum Gasteiger partial charge on any atom is 0.275 e. The van der Waals surface area contributed by atoms with E-state index in [0.29, 0.717) is 32.9 Å². The Morgan fingerprint density at radius 1 is 1.08 bits per heavy atom. The fourth-order valence-electron chi connectivity index (χ4n) is 4.12. The summed E-state index contributed by atoms with van der Waals surface area (Å²) >= 11 is 6.03. The number of aromatic nitrogens is 3. The number of hydrogen-bond acceptors (Lipinski definition) is 6. The van der Waals surface area contributed by atoms with Crippen molar-refractivity contribution < 1.29 is 14.5 Å². The minimum Gasteiger partial charge on any atom is -0.457 e.